The second kappa shape index (κ2) is 8.64. The maximum atomic E-state index is 11.5. The number of aromatic nitrogens is 1. The van der Waals surface area contributed by atoms with E-state index >= 15 is 0 Å². The summed E-state index contributed by atoms with van der Waals surface area (Å²) in [5.74, 6) is 0.738. The first kappa shape index (κ1) is 19.0. The van der Waals surface area contributed by atoms with Gasteiger partial charge in [0.25, 0.3) is 5.69 Å². The molecule has 1 aromatic heterocycles. The molecule has 0 atom stereocenters. The van der Waals surface area contributed by atoms with Gasteiger partial charge in [0, 0.05) is 18.3 Å². The molecule has 2 rings (SSSR count). The Labute approximate surface area is 151 Å². The molecule has 0 N–H and O–H groups in total. The fourth-order valence-electron chi connectivity index (χ4n) is 2.34. The first-order valence-electron chi connectivity index (χ1n) is 7.69. The monoisotopic (exact) mass is 365 g/mol. The first-order chi connectivity index (χ1) is 11.9. The van der Waals surface area contributed by atoms with Crippen molar-refractivity contribution in [1.29, 1.82) is 0 Å². The average molecular weight is 366 g/mol. The molecule has 25 heavy (non-hydrogen) atoms. The molecule has 7 nitrogen and oxygen atoms in total. The van der Waals surface area contributed by atoms with Crippen LogP contribution in [0.4, 0.5) is 5.69 Å². The van der Waals surface area contributed by atoms with E-state index in [0.717, 1.165) is 13.0 Å². The molecule has 0 bridgehead atoms. The topological polar surface area (TPSA) is 77.7 Å². The molecule has 0 aliphatic heterocycles. The van der Waals surface area contributed by atoms with E-state index in [-0.39, 0.29) is 10.8 Å². The zero-order valence-electron chi connectivity index (χ0n) is 14.4. The van der Waals surface area contributed by atoms with Crippen LogP contribution in [0.15, 0.2) is 30.5 Å². The predicted octanol–water partition coefficient (Wildman–Crippen LogP) is 3.65. The van der Waals surface area contributed by atoms with Crippen LogP contribution < -0.4 is 9.47 Å². The number of hydrogen-bond donors (Lipinski definition) is 0. The molecule has 0 saturated carbocycles. The quantitative estimate of drug-likeness (QED) is 0.307. The molecule has 0 aliphatic rings. The van der Waals surface area contributed by atoms with Crippen LogP contribution in [0.3, 0.4) is 0 Å². The van der Waals surface area contributed by atoms with Crippen LogP contribution in [0.2, 0.25) is 5.15 Å². The molecule has 0 saturated heterocycles. The van der Waals surface area contributed by atoms with Crippen molar-refractivity contribution in [3.8, 4) is 22.6 Å². The number of pyridine rings is 1. The van der Waals surface area contributed by atoms with Gasteiger partial charge in [0.15, 0.2) is 11.5 Å². The second-order valence-corrected chi connectivity index (χ2v) is 5.98. The maximum Gasteiger partial charge on any atom is 0.281 e. The normalized spacial score (nSPS) is 10.8. The standard InChI is InChI=1S/C17H20ClN3O4/c1-20(2)8-5-9-25-16-11-14(21(22)23)13(10-15(16)24-3)12-6-4-7-19-17(12)18/h4,6-7,10-11H,5,8-9H2,1-3H3. The van der Waals surface area contributed by atoms with Crippen molar-refractivity contribution in [2.75, 3.05) is 34.4 Å². The SMILES string of the molecule is COc1cc(-c2cccnc2Cl)c([N+](=O)[O-])cc1OCCCN(C)C. The van der Waals surface area contributed by atoms with Crippen molar-refractivity contribution >= 4 is 17.3 Å². The molecule has 2 aromatic rings. The van der Waals surface area contributed by atoms with Crippen molar-refractivity contribution in [2.45, 2.75) is 6.42 Å². The molecular formula is C17H20ClN3O4. The fourth-order valence-corrected chi connectivity index (χ4v) is 2.56. The average Bonchev–Trinajstić information content (AvgIpc) is 2.58. The highest BCUT2D eigenvalue weighted by Gasteiger charge is 2.22. The Morgan fingerprint density at radius 1 is 1.28 bits per heavy atom. The number of methoxy groups -OCH3 is 1. The van der Waals surface area contributed by atoms with Crippen LogP contribution in [0.1, 0.15) is 6.42 Å². The zero-order valence-corrected chi connectivity index (χ0v) is 15.1. The fraction of sp³-hybridized carbons (Fsp3) is 0.353. The summed E-state index contributed by atoms with van der Waals surface area (Å²) in [5, 5.41) is 11.7. The number of benzene rings is 1. The number of halogens is 1. The first-order valence-corrected chi connectivity index (χ1v) is 8.06. The maximum absolute atomic E-state index is 11.5. The highest BCUT2D eigenvalue weighted by atomic mass is 35.5. The molecule has 1 heterocycles. The molecule has 134 valence electrons. The number of nitrogens with zero attached hydrogens (tertiary/aromatic N) is 3. The molecule has 0 fully saturated rings. The number of nitro benzene ring substituents is 1. The van der Waals surface area contributed by atoms with Gasteiger partial charge in [0.05, 0.1) is 30.3 Å². The van der Waals surface area contributed by atoms with Crippen molar-refractivity contribution in [1.82, 2.24) is 9.88 Å². The third-order valence-electron chi connectivity index (χ3n) is 3.54. The van der Waals surface area contributed by atoms with E-state index in [9.17, 15) is 10.1 Å². The summed E-state index contributed by atoms with van der Waals surface area (Å²) in [5.41, 5.74) is 0.687. The van der Waals surface area contributed by atoms with Crippen LogP contribution in [-0.4, -0.2) is 49.2 Å². The molecule has 0 unspecified atom stereocenters. The highest BCUT2D eigenvalue weighted by Crippen LogP contribution is 2.41. The van der Waals surface area contributed by atoms with Gasteiger partial charge in [-0.1, -0.05) is 11.6 Å². The Bertz CT molecular complexity index is 753. The van der Waals surface area contributed by atoms with Gasteiger partial charge in [-0.25, -0.2) is 4.98 Å². The summed E-state index contributed by atoms with van der Waals surface area (Å²) >= 11 is 6.09. The summed E-state index contributed by atoms with van der Waals surface area (Å²) in [6.45, 7) is 1.28. The van der Waals surface area contributed by atoms with E-state index in [1.165, 1.54) is 19.4 Å². The minimum Gasteiger partial charge on any atom is -0.493 e. The van der Waals surface area contributed by atoms with Gasteiger partial charge in [0.1, 0.15) is 5.15 Å². The summed E-state index contributed by atoms with van der Waals surface area (Å²) in [4.78, 5) is 17.1. The van der Waals surface area contributed by atoms with E-state index in [1.807, 2.05) is 19.0 Å². The minimum absolute atomic E-state index is 0.113. The molecule has 8 heteroatoms. The van der Waals surface area contributed by atoms with E-state index in [0.29, 0.717) is 29.2 Å². The Morgan fingerprint density at radius 2 is 2.04 bits per heavy atom. The Hall–Kier alpha value is -2.38. The van der Waals surface area contributed by atoms with Crippen molar-refractivity contribution < 1.29 is 14.4 Å². The summed E-state index contributed by atoms with van der Waals surface area (Å²) in [7, 11) is 5.43. The van der Waals surface area contributed by atoms with E-state index < -0.39 is 4.92 Å². The number of rotatable bonds is 8. The largest absolute Gasteiger partial charge is 0.493 e. The van der Waals surface area contributed by atoms with Gasteiger partial charge in [-0.2, -0.15) is 0 Å². The predicted molar refractivity (Wildman–Crippen MR) is 96.6 cm³/mol. The lowest BCUT2D eigenvalue weighted by molar-refractivity contribution is -0.384. The van der Waals surface area contributed by atoms with E-state index in [1.54, 1.807) is 18.2 Å². The van der Waals surface area contributed by atoms with Gasteiger partial charge < -0.3 is 14.4 Å². The minimum atomic E-state index is -0.467. The van der Waals surface area contributed by atoms with Crippen LogP contribution in [0.5, 0.6) is 11.5 Å². The van der Waals surface area contributed by atoms with Crippen LogP contribution in [-0.2, 0) is 0 Å². The zero-order chi connectivity index (χ0) is 18.4. The molecule has 0 aliphatic carbocycles. The molecular weight excluding hydrogens is 346 g/mol. The summed E-state index contributed by atoms with van der Waals surface area (Å²) in [6.07, 6.45) is 2.32. The number of hydrogen-bond acceptors (Lipinski definition) is 6. The molecule has 1 aromatic carbocycles. The Morgan fingerprint density at radius 3 is 2.64 bits per heavy atom. The van der Waals surface area contributed by atoms with Crippen LogP contribution in [0.25, 0.3) is 11.1 Å². The highest BCUT2D eigenvalue weighted by molar-refractivity contribution is 6.32. The summed E-state index contributed by atoms with van der Waals surface area (Å²) < 4.78 is 11.0. The lowest BCUT2D eigenvalue weighted by Crippen LogP contribution is -2.15. The lowest BCUT2D eigenvalue weighted by atomic mass is 10.0. The van der Waals surface area contributed by atoms with Gasteiger partial charge in [-0.3, -0.25) is 10.1 Å². The van der Waals surface area contributed by atoms with Crippen LogP contribution in [0, 0.1) is 10.1 Å². The van der Waals surface area contributed by atoms with Crippen molar-refractivity contribution in [3.63, 3.8) is 0 Å². The van der Waals surface area contributed by atoms with Crippen molar-refractivity contribution in [3.05, 3.63) is 45.7 Å². The van der Waals surface area contributed by atoms with Gasteiger partial charge in [-0.05, 0) is 38.7 Å². The van der Waals surface area contributed by atoms with Gasteiger partial charge in [0.2, 0.25) is 0 Å². The molecule has 0 radical (unpaired) electrons. The summed E-state index contributed by atoms with van der Waals surface area (Å²) in [6, 6.07) is 6.27. The third kappa shape index (κ3) is 4.80. The third-order valence-corrected chi connectivity index (χ3v) is 3.84. The van der Waals surface area contributed by atoms with Crippen LogP contribution >= 0.6 is 11.6 Å². The number of nitro groups is 1. The smallest absolute Gasteiger partial charge is 0.281 e. The van der Waals surface area contributed by atoms with E-state index in [2.05, 4.69) is 4.98 Å². The van der Waals surface area contributed by atoms with Gasteiger partial charge >= 0.3 is 0 Å². The molecule has 0 amide bonds. The molecule has 0 spiro atoms. The van der Waals surface area contributed by atoms with Gasteiger partial charge in [-0.15, -0.1) is 0 Å². The Kier molecular flexibility index (Phi) is 6.55. The van der Waals surface area contributed by atoms with E-state index in [4.69, 9.17) is 21.1 Å². The lowest BCUT2D eigenvalue weighted by Gasteiger charge is -2.14. The Balaban J connectivity index is 2.39. The number of ether oxygens (including phenoxy) is 2. The second-order valence-electron chi connectivity index (χ2n) is 5.62. The van der Waals surface area contributed by atoms with Crippen molar-refractivity contribution in [2.24, 2.45) is 0 Å².